The first-order chi connectivity index (χ1) is 30.7. The molecular formula is C53H40B6N2O2. The summed E-state index contributed by atoms with van der Waals surface area (Å²) in [4.78, 5) is 7.55. The van der Waals surface area contributed by atoms with Crippen molar-refractivity contribution in [3.05, 3.63) is 170 Å². The van der Waals surface area contributed by atoms with Gasteiger partial charge in [0.15, 0.2) is 5.58 Å². The zero-order valence-electron chi connectivity index (χ0n) is 36.4. The van der Waals surface area contributed by atoms with Crippen LogP contribution in [0, 0.1) is 0 Å². The zero-order valence-corrected chi connectivity index (χ0v) is 36.4. The van der Waals surface area contributed by atoms with Gasteiger partial charge in [0.05, 0.1) is 5.69 Å². The molecule has 0 saturated heterocycles. The number of benzene rings is 9. The predicted molar refractivity (Wildman–Crippen MR) is 284 cm³/mol. The minimum absolute atomic E-state index is 0.644. The van der Waals surface area contributed by atoms with Crippen molar-refractivity contribution >= 4 is 141 Å². The second-order valence-electron chi connectivity index (χ2n) is 16.9. The maximum Gasteiger partial charge on any atom is 0.227 e. The van der Waals surface area contributed by atoms with E-state index in [-0.39, 0.29) is 0 Å². The molecule has 0 radical (unpaired) electrons. The van der Waals surface area contributed by atoms with E-state index in [2.05, 4.69) is 192 Å². The third-order valence-corrected chi connectivity index (χ3v) is 13.5. The first kappa shape index (κ1) is 38.6. The molecule has 2 heterocycles. The fourth-order valence-corrected chi connectivity index (χ4v) is 9.71. The lowest BCUT2D eigenvalue weighted by molar-refractivity contribution is 0.621. The Kier molecular flexibility index (Phi) is 9.35. The molecule has 0 bridgehead atoms. The molecule has 0 atom stereocenters. The van der Waals surface area contributed by atoms with E-state index in [9.17, 15) is 0 Å². The van der Waals surface area contributed by atoms with E-state index in [0.29, 0.717) is 5.89 Å². The summed E-state index contributed by atoms with van der Waals surface area (Å²) in [6.45, 7) is 0. The van der Waals surface area contributed by atoms with E-state index in [4.69, 9.17) is 13.8 Å². The first-order valence-electron chi connectivity index (χ1n) is 21.7. The lowest BCUT2D eigenvalue weighted by Gasteiger charge is -2.31. The Hall–Kier alpha value is -7.30. The molecule has 0 saturated carbocycles. The molecule has 292 valence electrons. The molecule has 11 rings (SSSR count). The summed E-state index contributed by atoms with van der Waals surface area (Å²) in [7, 11) is 13.5. The van der Waals surface area contributed by atoms with Crippen LogP contribution in [0.4, 0.5) is 17.1 Å². The fraction of sp³-hybridized carbons (Fsp3) is 0. The molecule has 2 aromatic heterocycles. The highest BCUT2D eigenvalue weighted by Gasteiger charge is 2.28. The first-order valence-corrected chi connectivity index (χ1v) is 21.7. The quantitative estimate of drug-likeness (QED) is 0.222. The van der Waals surface area contributed by atoms with E-state index < -0.39 is 0 Å². The highest BCUT2D eigenvalue weighted by atomic mass is 16.3. The summed E-state index contributed by atoms with van der Waals surface area (Å²) in [5.74, 6) is 0.644. The second kappa shape index (κ2) is 15.3. The molecular weight excluding hydrogens is 761 g/mol. The van der Waals surface area contributed by atoms with Crippen LogP contribution in [-0.2, 0) is 0 Å². The SMILES string of the molecule is Bc1c(B)c(B)c2c(-c3cc4oc5ccccc5c4cc3N(c3ccc(-c4ccccc4)cc3)c3ccc(-c4ccccc4)cc3)c(B)c(B)c(-c3nc4ccccc4o3)c2c1B. The van der Waals surface area contributed by atoms with E-state index >= 15 is 0 Å². The van der Waals surface area contributed by atoms with Gasteiger partial charge in [0.25, 0.3) is 0 Å². The number of anilines is 3. The largest absolute Gasteiger partial charge is 0.456 e. The molecule has 0 unspecified atom stereocenters. The van der Waals surface area contributed by atoms with Crippen LogP contribution in [0.3, 0.4) is 0 Å². The smallest absolute Gasteiger partial charge is 0.227 e. The molecule has 10 heteroatoms. The number of furan rings is 1. The van der Waals surface area contributed by atoms with Gasteiger partial charge in [0, 0.05) is 33.3 Å². The predicted octanol–water partition coefficient (Wildman–Crippen LogP) is 4.57. The fourth-order valence-electron chi connectivity index (χ4n) is 9.71. The topological polar surface area (TPSA) is 42.4 Å². The van der Waals surface area contributed by atoms with Crippen molar-refractivity contribution < 1.29 is 8.83 Å². The van der Waals surface area contributed by atoms with Gasteiger partial charge < -0.3 is 13.7 Å². The summed E-state index contributed by atoms with van der Waals surface area (Å²) in [6, 6.07) is 60.2. The van der Waals surface area contributed by atoms with Gasteiger partial charge in [-0.2, -0.15) is 0 Å². The monoisotopic (exact) mass is 802 g/mol. The van der Waals surface area contributed by atoms with Crippen LogP contribution < -0.4 is 37.7 Å². The van der Waals surface area contributed by atoms with Crippen molar-refractivity contribution in [1.29, 1.82) is 0 Å². The average molecular weight is 802 g/mol. The number of hydrogen-bond donors (Lipinski definition) is 0. The third kappa shape index (κ3) is 6.35. The van der Waals surface area contributed by atoms with Crippen molar-refractivity contribution in [2.24, 2.45) is 0 Å². The van der Waals surface area contributed by atoms with Gasteiger partial charge in [-0.3, -0.25) is 0 Å². The van der Waals surface area contributed by atoms with Gasteiger partial charge in [-0.05, 0) is 93.2 Å². The molecule has 0 aliphatic heterocycles. The molecule has 9 aromatic carbocycles. The molecule has 63 heavy (non-hydrogen) atoms. The van der Waals surface area contributed by atoms with E-state index in [1.54, 1.807) is 0 Å². The standard InChI is InChI=1S/C53H40B6N2O2/c54-47-43(44-45(49(56)52(59)51(58)48(44)55)46(50(47)57)53-60-38-16-8-10-18-41(38)63-53)37-28-42-36(35-15-7-9-17-40(35)62-42)27-39(37)61(33-23-19-31(20-24-33)29-11-3-1-4-12-29)34-25-21-32(22-26-34)30-13-5-2-6-14-30/h1-28H,54-59H2. The number of oxazole rings is 1. The van der Waals surface area contributed by atoms with Gasteiger partial charge in [0.2, 0.25) is 5.89 Å². The number of hydrogen-bond acceptors (Lipinski definition) is 4. The van der Waals surface area contributed by atoms with Crippen LogP contribution in [0.1, 0.15) is 0 Å². The Morgan fingerprint density at radius 1 is 0.381 bits per heavy atom. The maximum absolute atomic E-state index is 6.75. The average Bonchev–Trinajstić information content (AvgIpc) is 3.93. The highest BCUT2D eigenvalue weighted by molar-refractivity contribution is 6.69. The summed E-state index contributed by atoms with van der Waals surface area (Å²) in [6.07, 6.45) is 0. The van der Waals surface area contributed by atoms with E-state index in [1.165, 1.54) is 65.9 Å². The summed E-state index contributed by atoms with van der Waals surface area (Å²) >= 11 is 0. The zero-order chi connectivity index (χ0) is 42.9. The Bertz CT molecular complexity index is 3450. The van der Waals surface area contributed by atoms with Crippen LogP contribution in [0.2, 0.25) is 0 Å². The van der Waals surface area contributed by atoms with E-state index in [0.717, 1.165) is 66.7 Å². The minimum Gasteiger partial charge on any atom is -0.456 e. The van der Waals surface area contributed by atoms with Crippen LogP contribution in [0.15, 0.2) is 179 Å². The molecule has 0 N–H and O–H groups in total. The molecule has 0 spiro atoms. The van der Waals surface area contributed by atoms with Crippen molar-refractivity contribution in [2.45, 2.75) is 0 Å². The van der Waals surface area contributed by atoms with Gasteiger partial charge >= 0.3 is 0 Å². The second-order valence-corrected chi connectivity index (χ2v) is 16.9. The van der Waals surface area contributed by atoms with Gasteiger partial charge in [0.1, 0.15) is 63.8 Å². The summed E-state index contributed by atoms with van der Waals surface area (Å²) < 4.78 is 13.4. The van der Waals surface area contributed by atoms with Crippen LogP contribution in [0.5, 0.6) is 0 Å². The molecule has 0 amide bonds. The number of para-hydroxylation sites is 3. The minimum atomic E-state index is 0.644. The molecule has 0 fully saturated rings. The lowest BCUT2D eigenvalue weighted by Crippen LogP contribution is -2.49. The van der Waals surface area contributed by atoms with Crippen molar-refractivity contribution in [1.82, 2.24) is 4.98 Å². The van der Waals surface area contributed by atoms with Crippen LogP contribution in [-0.4, -0.2) is 52.1 Å². The molecule has 0 aliphatic rings. The normalized spacial score (nSPS) is 11.6. The van der Waals surface area contributed by atoms with Gasteiger partial charge in [-0.15, -0.1) is 10.9 Å². The van der Waals surface area contributed by atoms with Crippen molar-refractivity contribution in [3.8, 4) is 44.8 Å². The Labute approximate surface area is 372 Å². The van der Waals surface area contributed by atoms with Gasteiger partial charge in [-0.1, -0.05) is 137 Å². The van der Waals surface area contributed by atoms with E-state index in [1.807, 2.05) is 30.3 Å². The van der Waals surface area contributed by atoms with Crippen molar-refractivity contribution in [2.75, 3.05) is 4.90 Å². The number of nitrogens with zero attached hydrogens (tertiary/aromatic N) is 2. The molecule has 11 aromatic rings. The Morgan fingerprint density at radius 2 is 0.873 bits per heavy atom. The van der Waals surface area contributed by atoms with Crippen LogP contribution in [0.25, 0.3) is 88.6 Å². The highest BCUT2D eigenvalue weighted by Crippen LogP contribution is 2.46. The summed E-state index contributed by atoms with van der Waals surface area (Å²) in [5.41, 5.74) is 21.8. The lowest BCUT2D eigenvalue weighted by atomic mass is 9.60. The van der Waals surface area contributed by atoms with Gasteiger partial charge in [-0.25, -0.2) is 4.98 Å². The number of fused-ring (bicyclic) bond motifs is 5. The Morgan fingerprint density at radius 3 is 1.46 bits per heavy atom. The third-order valence-electron chi connectivity index (χ3n) is 13.5. The molecule has 0 aliphatic carbocycles. The Balaban J connectivity index is 1.24. The number of aromatic nitrogens is 1. The van der Waals surface area contributed by atoms with Crippen LogP contribution >= 0.6 is 0 Å². The maximum atomic E-state index is 6.75. The molecule has 4 nitrogen and oxygen atoms in total. The van der Waals surface area contributed by atoms with Crippen molar-refractivity contribution in [3.63, 3.8) is 0 Å². The number of rotatable bonds is 7. The summed E-state index contributed by atoms with van der Waals surface area (Å²) in [5, 5.41) is 4.52.